The number of nitro benzene ring substituents is 1. The minimum absolute atomic E-state index is 0.155. The average Bonchev–Trinajstić information content (AvgIpc) is 2.23. The molecule has 0 atom stereocenters. The fraction of sp³-hybridized carbons (Fsp3) is 0.400. The maximum atomic E-state index is 10.7. The molecule has 4 nitrogen and oxygen atoms in total. The maximum Gasteiger partial charge on any atom is 0.312 e. The highest BCUT2D eigenvalue weighted by Gasteiger charge is 2.24. The minimum Gasteiger partial charge on any atom is -0.502 e. The van der Waals surface area contributed by atoms with Gasteiger partial charge >= 0.3 is 5.69 Å². The highest BCUT2D eigenvalue weighted by Crippen LogP contribution is 2.40. The zero-order chi connectivity index (χ0) is 11.0. The van der Waals surface area contributed by atoms with Crippen molar-refractivity contribution in [2.75, 3.05) is 0 Å². The topological polar surface area (TPSA) is 63.4 Å². The largest absolute Gasteiger partial charge is 0.502 e. The van der Waals surface area contributed by atoms with Gasteiger partial charge in [-0.25, -0.2) is 0 Å². The number of phenols is 1. The number of hydrogen-bond acceptors (Lipinski definition) is 3. The van der Waals surface area contributed by atoms with Crippen molar-refractivity contribution in [3.05, 3.63) is 31.8 Å². The summed E-state index contributed by atoms with van der Waals surface area (Å²) in [5.74, 6) is -0.155. The van der Waals surface area contributed by atoms with E-state index in [1.54, 1.807) is 0 Å². The first-order chi connectivity index (χ1) is 7.11. The van der Waals surface area contributed by atoms with Crippen LogP contribution in [-0.4, -0.2) is 10.0 Å². The Labute approximate surface area is 95.2 Å². The predicted octanol–water partition coefficient (Wildman–Crippen LogP) is 2.94. The van der Waals surface area contributed by atoms with E-state index in [4.69, 9.17) is 0 Å². The maximum absolute atomic E-state index is 10.7. The number of rotatable bonds is 1. The molecule has 1 aliphatic rings. The molecule has 15 heavy (non-hydrogen) atoms. The molecular weight excluding hydrogens is 262 g/mol. The Hall–Kier alpha value is -1.10. The summed E-state index contributed by atoms with van der Waals surface area (Å²) in [7, 11) is 0. The monoisotopic (exact) mass is 271 g/mol. The van der Waals surface area contributed by atoms with Gasteiger partial charge in [-0.3, -0.25) is 10.1 Å². The van der Waals surface area contributed by atoms with Gasteiger partial charge in [-0.1, -0.05) is 15.9 Å². The van der Waals surface area contributed by atoms with Gasteiger partial charge in [-0.05, 0) is 31.2 Å². The van der Waals surface area contributed by atoms with Crippen LogP contribution in [-0.2, 0) is 12.8 Å². The van der Waals surface area contributed by atoms with Gasteiger partial charge in [-0.15, -0.1) is 0 Å². The lowest BCUT2D eigenvalue weighted by atomic mass is 9.90. The molecule has 0 unspecified atom stereocenters. The van der Waals surface area contributed by atoms with E-state index in [-0.39, 0.29) is 11.4 Å². The van der Waals surface area contributed by atoms with Gasteiger partial charge < -0.3 is 5.11 Å². The molecule has 1 aromatic rings. The summed E-state index contributed by atoms with van der Waals surface area (Å²) in [6.07, 6.45) is 3.65. The third kappa shape index (κ3) is 1.71. The molecule has 1 N–H and O–H groups in total. The Morgan fingerprint density at radius 3 is 2.53 bits per heavy atom. The predicted molar refractivity (Wildman–Crippen MR) is 59.1 cm³/mol. The molecular formula is C10H10BrNO3. The molecule has 0 spiro atoms. The van der Waals surface area contributed by atoms with Gasteiger partial charge in [0.25, 0.3) is 0 Å². The standard InChI is InChI=1S/C10H10BrNO3/c11-8-5-9(12(14)15)10(13)7-4-2-1-3-6(7)8/h5,13H,1-4H2. The summed E-state index contributed by atoms with van der Waals surface area (Å²) in [6.45, 7) is 0. The number of nitrogens with zero attached hydrogens (tertiary/aromatic N) is 1. The summed E-state index contributed by atoms with van der Waals surface area (Å²) in [6, 6.07) is 1.39. The zero-order valence-electron chi connectivity index (χ0n) is 7.99. The number of benzene rings is 1. The number of phenolic OH excluding ortho intramolecular Hbond substituents is 1. The smallest absolute Gasteiger partial charge is 0.312 e. The summed E-state index contributed by atoms with van der Waals surface area (Å²) in [5, 5.41) is 20.5. The van der Waals surface area contributed by atoms with Crippen molar-refractivity contribution in [2.24, 2.45) is 0 Å². The van der Waals surface area contributed by atoms with Crippen molar-refractivity contribution in [2.45, 2.75) is 25.7 Å². The summed E-state index contributed by atoms with van der Waals surface area (Å²) < 4.78 is 0.738. The molecule has 0 saturated carbocycles. The van der Waals surface area contributed by atoms with E-state index in [1.807, 2.05) is 0 Å². The zero-order valence-corrected chi connectivity index (χ0v) is 9.58. The molecule has 0 saturated heterocycles. The SMILES string of the molecule is O=[N+]([O-])c1cc(Br)c2c(c1O)CCCC2. The third-order valence-corrected chi connectivity index (χ3v) is 3.45. The van der Waals surface area contributed by atoms with Gasteiger partial charge in [-0.2, -0.15) is 0 Å². The lowest BCUT2D eigenvalue weighted by Gasteiger charge is -2.18. The van der Waals surface area contributed by atoms with Gasteiger partial charge in [0.05, 0.1) is 4.92 Å². The van der Waals surface area contributed by atoms with Crippen LogP contribution < -0.4 is 0 Å². The van der Waals surface area contributed by atoms with E-state index in [0.717, 1.165) is 41.3 Å². The van der Waals surface area contributed by atoms with Crippen LogP contribution in [0.15, 0.2) is 10.5 Å². The molecule has 0 radical (unpaired) electrons. The van der Waals surface area contributed by atoms with Gasteiger partial charge in [0.2, 0.25) is 0 Å². The first-order valence-electron chi connectivity index (χ1n) is 4.79. The molecule has 2 rings (SSSR count). The lowest BCUT2D eigenvalue weighted by molar-refractivity contribution is -0.386. The fourth-order valence-electron chi connectivity index (χ4n) is 2.00. The van der Waals surface area contributed by atoms with Crippen LogP contribution in [0.3, 0.4) is 0 Å². The van der Waals surface area contributed by atoms with Crippen LogP contribution in [0.1, 0.15) is 24.0 Å². The highest BCUT2D eigenvalue weighted by molar-refractivity contribution is 9.10. The van der Waals surface area contributed by atoms with E-state index >= 15 is 0 Å². The van der Waals surface area contributed by atoms with Gasteiger partial charge in [0, 0.05) is 16.1 Å². The highest BCUT2D eigenvalue weighted by atomic mass is 79.9. The second-order valence-electron chi connectivity index (χ2n) is 3.65. The van der Waals surface area contributed by atoms with Crippen molar-refractivity contribution < 1.29 is 10.0 Å². The molecule has 1 aromatic carbocycles. The van der Waals surface area contributed by atoms with E-state index in [1.165, 1.54) is 6.07 Å². The molecule has 0 amide bonds. The van der Waals surface area contributed by atoms with E-state index < -0.39 is 4.92 Å². The van der Waals surface area contributed by atoms with Gasteiger partial charge in [0.15, 0.2) is 5.75 Å². The van der Waals surface area contributed by atoms with Crippen molar-refractivity contribution in [3.8, 4) is 5.75 Å². The van der Waals surface area contributed by atoms with E-state index in [9.17, 15) is 15.2 Å². The fourth-order valence-corrected chi connectivity index (χ4v) is 2.65. The minimum atomic E-state index is -0.547. The van der Waals surface area contributed by atoms with E-state index in [0.29, 0.717) is 0 Å². The first-order valence-corrected chi connectivity index (χ1v) is 5.58. The third-order valence-electron chi connectivity index (χ3n) is 2.74. The molecule has 0 fully saturated rings. The Bertz CT molecular complexity index is 431. The van der Waals surface area contributed by atoms with Crippen LogP contribution in [0.4, 0.5) is 5.69 Å². The molecule has 0 heterocycles. The normalized spacial score (nSPS) is 14.7. The number of nitro groups is 1. The number of halogens is 1. The van der Waals surface area contributed by atoms with Crippen molar-refractivity contribution in [1.82, 2.24) is 0 Å². The Balaban J connectivity index is 2.64. The molecule has 1 aliphatic carbocycles. The van der Waals surface area contributed by atoms with Crippen molar-refractivity contribution in [1.29, 1.82) is 0 Å². The quantitative estimate of drug-likeness (QED) is 0.631. The molecule has 0 bridgehead atoms. The summed E-state index contributed by atoms with van der Waals surface area (Å²) in [4.78, 5) is 10.1. The van der Waals surface area contributed by atoms with Crippen LogP contribution in [0.25, 0.3) is 0 Å². The molecule has 0 aliphatic heterocycles. The Morgan fingerprint density at radius 1 is 1.33 bits per heavy atom. The number of hydrogen-bond donors (Lipinski definition) is 1. The van der Waals surface area contributed by atoms with Crippen LogP contribution >= 0.6 is 15.9 Å². The average molecular weight is 272 g/mol. The summed E-state index contributed by atoms with van der Waals surface area (Å²) >= 11 is 3.32. The van der Waals surface area contributed by atoms with Crippen LogP contribution in [0, 0.1) is 10.1 Å². The lowest BCUT2D eigenvalue weighted by Crippen LogP contribution is -2.05. The Kier molecular flexibility index (Phi) is 2.65. The van der Waals surface area contributed by atoms with Crippen LogP contribution in [0.5, 0.6) is 5.75 Å². The molecule has 80 valence electrons. The van der Waals surface area contributed by atoms with Crippen LogP contribution in [0.2, 0.25) is 0 Å². The Morgan fingerprint density at radius 2 is 1.93 bits per heavy atom. The second-order valence-corrected chi connectivity index (χ2v) is 4.50. The van der Waals surface area contributed by atoms with Gasteiger partial charge in [0.1, 0.15) is 0 Å². The summed E-state index contributed by atoms with van der Waals surface area (Å²) in [5.41, 5.74) is 1.55. The van der Waals surface area contributed by atoms with E-state index in [2.05, 4.69) is 15.9 Å². The molecule has 5 heteroatoms. The van der Waals surface area contributed by atoms with Crippen molar-refractivity contribution >= 4 is 21.6 Å². The van der Waals surface area contributed by atoms with Crippen molar-refractivity contribution in [3.63, 3.8) is 0 Å². The first kappa shape index (κ1) is 10.4. The molecule has 0 aromatic heterocycles. The number of fused-ring (bicyclic) bond motifs is 1. The second kappa shape index (κ2) is 3.81. The number of aromatic hydroxyl groups is 1.